The van der Waals surface area contributed by atoms with Crippen LogP contribution in [0.25, 0.3) is 0 Å². The highest BCUT2D eigenvalue weighted by atomic mass is 16.2. The van der Waals surface area contributed by atoms with Crippen LogP contribution < -0.4 is 5.32 Å². The lowest BCUT2D eigenvalue weighted by atomic mass is 10.0. The molecule has 0 aliphatic carbocycles. The van der Waals surface area contributed by atoms with Gasteiger partial charge in [0.1, 0.15) is 6.04 Å². The number of hydrogen-bond donors (Lipinski definition) is 1. The molecule has 1 aromatic carbocycles. The van der Waals surface area contributed by atoms with Gasteiger partial charge in [-0.05, 0) is 12.0 Å². The molecule has 1 aliphatic heterocycles. The summed E-state index contributed by atoms with van der Waals surface area (Å²) in [6.45, 7) is 2.81. The van der Waals surface area contributed by atoms with Crippen LogP contribution >= 0.6 is 0 Å². The summed E-state index contributed by atoms with van der Waals surface area (Å²) in [5.74, 6) is -0.107. The van der Waals surface area contributed by atoms with Crippen LogP contribution in [0.4, 0.5) is 0 Å². The van der Waals surface area contributed by atoms with Gasteiger partial charge in [0, 0.05) is 6.54 Å². The second-order valence-corrected chi connectivity index (χ2v) is 4.17. The molecular formula is C13H16N2O2. The number of piperazine rings is 1. The van der Waals surface area contributed by atoms with Crippen molar-refractivity contribution in [2.24, 2.45) is 0 Å². The first-order chi connectivity index (χ1) is 8.22. The number of nitrogens with zero attached hydrogens (tertiary/aromatic N) is 1. The molecule has 1 atom stereocenters. The van der Waals surface area contributed by atoms with Gasteiger partial charge < -0.3 is 10.2 Å². The number of hydrogen-bond acceptors (Lipinski definition) is 2. The maximum Gasteiger partial charge on any atom is 0.250 e. The Morgan fingerprint density at radius 2 is 2.00 bits per heavy atom. The van der Waals surface area contributed by atoms with Crippen molar-refractivity contribution in [1.29, 1.82) is 0 Å². The Balaban J connectivity index is 2.22. The monoisotopic (exact) mass is 232 g/mol. The molecular weight excluding hydrogens is 216 g/mol. The summed E-state index contributed by atoms with van der Waals surface area (Å²) >= 11 is 0. The summed E-state index contributed by atoms with van der Waals surface area (Å²) in [6, 6.07) is 8.82. The van der Waals surface area contributed by atoms with Crippen molar-refractivity contribution in [3.63, 3.8) is 0 Å². The second kappa shape index (κ2) is 4.99. The zero-order valence-corrected chi connectivity index (χ0v) is 9.85. The van der Waals surface area contributed by atoms with E-state index in [9.17, 15) is 9.59 Å². The van der Waals surface area contributed by atoms with E-state index < -0.39 is 6.04 Å². The van der Waals surface area contributed by atoms with Gasteiger partial charge in [-0.15, -0.1) is 0 Å². The van der Waals surface area contributed by atoms with Crippen LogP contribution in [0.2, 0.25) is 0 Å². The topological polar surface area (TPSA) is 49.4 Å². The van der Waals surface area contributed by atoms with Crippen LogP contribution in [0.5, 0.6) is 0 Å². The highest BCUT2D eigenvalue weighted by Crippen LogP contribution is 2.18. The van der Waals surface area contributed by atoms with Crippen LogP contribution in [0.15, 0.2) is 30.3 Å². The second-order valence-electron chi connectivity index (χ2n) is 4.17. The van der Waals surface area contributed by atoms with E-state index in [2.05, 4.69) is 5.32 Å². The zero-order chi connectivity index (χ0) is 12.3. The number of carbonyl (C=O) groups excluding carboxylic acids is 2. The molecule has 0 radical (unpaired) electrons. The maximum absolute atomic E-state index is 12.2. The molecule has 0 bridgehead atoms. The molecule has 17 heavy (non-hydrogen) atoms. The Hall–Kier alpha value is -1.84. The molecule has 90 valence electrons. The standard InChI is InChI=1S/C13H16N2O2/c1-2-8-15-9-11(16)14-12(13(15)17)10-6-4-3-5-7-10/h3-7,12H,2,8-9H2,1H3,(H,14,16). The minimum Gasteiger partial charge on any atom is -0.339 e. The molecule has 1 N–H and O–H groups in total. The number of benzene rings is 1. The zero-order valence-electron chi connectivity index (χ0n) is 9.85. The minimum atomic E-state index is -0.524. The van der Waals surface area contributed by atoms with E-state index in [0.29, 0.717) is 6.54 Å². The summed E-state index contributed by atoms with van der Waals surface area (Å²) in [5, 5.41) is 2.74. The lowest BCUT2D eigenvalue weighted by Crippen LogP contribution is -2.53. The summed E-state index contributed by atoms with van der Waals surface area (Å²) in [5.41, 5.74) is 0.839. The fourth-order valence-corrected chi connectivity index (χ4v) is 2.03. The van der Waals surface area contributed by atoms with Gasteiger partial charge in [-0.3, -0.25) is 9.59 Å². The van der Waals surface area contributed by atoms with E-state index >= 15 is 0 Å². The third kappa shape index (κ3) is 2.46. The Morgan fingerprint density at radius 1 is 1.29 bits per heavy atom. The highest BCUT2D eigenvalue weighted by molar-refractivity contribution is 5.95. The van der Waals surface area contributed by atoms with Gasteiger partial charge in [0.05, 0.1) is 6.54 Å². The number of carbonyl (C=O) groups is 2. The van der Waals surface area contributed by atoms with E-state index in [1.807, 2.05) is 37.3 Å². The average Bonchev–Trinajstić information content (AvgIpc) is 2.35. The van der Waals surface area contributed by atoms with Gasteiger partial charge in [-0.25, -0.2) is 0 Å². The fraction of sp³-hybridized carbons (Fsp3) is 0.385. The van der Waals surface area contributed by atoms with E-state index in [1.54, 1.807) is 4.90 Å². The Labute approximate surface area is 101 Å². The van der Waals surface area contributed by atoms with Crippen molar-refractivity contribution >= 4 is 11.8 Å². The molecule has 4 heteroatoms. The molecule has 1 fully saturated rings. The first-order valence-corrected chi connectivity index (χ1v) is 5.85. The minimum absolute atomic E-state index is 0.0161. The van der Waals surface area contributed by atoms with Crippen molar-refractivity contribution in [3.05, 3.63) is 35.9 Å². The van der Waals surface area contributed by atoms with Crippen molar-refractivity contribution in [2.45, 2.75) is 19.4 Å². The fourth-order valence-electron chi connectivity index (χ4n) is 2.03. The smallest absolute Gasteiger partial charge is 0.250 e. The van der Waals surface area contributed by atoms with Crippen molar-refractivity contribution in [2.75, 3.05) is 13.1 Å². The quantitative estimate of drug-likeness (QED) is 0.848. The predicted octanol–water partition coefficient (Wildman–Crippen LogP) is 1.10. The lowest BCUT2D eigenvalue weighted by molar-refractivity contribution is -0.144. The van der Waals surface area contributed by atoms with E-state index in [4.69, 9.17) is 0 Å². The van der Waals surface area contributed by atoms with Crippen LogP contribution in [0.1, 0.15) is 24.9 Å². The van der Waals surface area contributed by atoms with Crippen LogP contribution in [-0.4, -0.2) is 29.8 Å². The summed E-state index contributed by atoms with van der Waals surface area (Å²) in [6.07, 6.45) is 0.862. The van der Waals surface area contributed by atoms with Gasteiger partial charge in [-0.2, -0.15) is 0 Å². The molecule has 1 unspecified atom stereocenters. The van der Waals surface area contributed by atoms with Gasteiger partial charge in [-0.1, -0.05) is 37.3 Å². The Bertz CT molecular complexity index is 417. The average molecular weight is 232 g/mol. The Morgan fingerprint density at radius 3 is 2.65 bits per heavy atom. The molecule has 1 aliphatic rings. The van der Waals surface area contributed by atoms with Gasteiger partial charge in [0.25, 0.3) is 0 Å². The predicted molar refractivity (Wildman–Crippen MR) is 64.2 cm³/mol. The largest absolute Gasteiger partial charge is 0.339 e. The molecule has 2 rings (SSSR count). The van der Waals surface area contributed by atoms with Gasteiger partial charge in [0.2, 0.25) is 11.8 Å². The highest BCUT2D eigenvalue weighted by Gasteiger charge is 2.32. The molecule has 1 aromatic rings. The Kier molecular flexibility index (Phi) is 3.42. The molecule has 0 saturated carbocycles. The third-order valence-corrected chi connectivity index (χ3v) is 2.82. The van der Waals surface area contributed by atoms with Gasteiger partial charge >= 0.3 is 0 Å². The summed E-state index contributed by atoms with van der Waals surface area (Å²) in [4.78, 5) is 25.4. The maximum atomic E-state index is 12.2. The number of nitrogens with one attached hydrogen (secondary N) is 1. The normalized spacial score (nSPS) is 20.3. The SMILES string of the molecule is CCCN1CC(=O)NC(c2ccccc2)C1=O. The van der Waals surface area contributed by atoms with Crippen LogP contribution in [0, 0.1) is 0 Å². The molecule has 1 heterocycles. The summed E-state index contributed by atoms with van der Waals surface area (Å²) in [7, 11) is 0. The molecule has 4 nitrogen and oxygen atoms in total. The number of rotatable bonds is 3. The molecule has 0 spiro atoms. The molecule has 2 amide bonds. The molecule has 1 saturated heterocycles. The summed E-state index contributed by atoms with van der Waals surface area (Å²) < 4.78 is 0. The van der Waals surface area contributed by atoms with Crippen LogP contribution in [0.3, 0.4) is 0 Å². The van der Waals surface area contributed by atoms with Crippen molar-refractivity contribution in [1.82, 2.24) is 10.2 Å². The van der Waals surface area contributed by atoms with E-state index in [-0.39, 0.29) is 18.4 Å². The molecule has 0 aromatic heterocycles. The van der Waals surface area contributed by atoms with E-state index in [1.165, 1.54) is 0 Å². The van der Waals surface area contributed by atoms with E-state index in [0.717, 1.165) is 12.0 Å². The van der Waals surface area contributed by atoms with Crippen molar-refractivity contribution < 1.29 is 9.59 Å². The lowest BCUT2D eigenvalue weighted by Gasteiger charge is -2.32. The van der Waals surface area contributed by atoms with Crippen molar-refractivity contribution in [3.8, 4) is 0 Å². The third-order valence-electron chi connectivity index (χ3n) is 2.82. The first kappa shape index (κ1) is 11.6. The number of amides is 2. The van der Waals surface area contributed by atoms with Gasteiger partial charge in [0.15, 0.2) is 0 Å². The first-order valence-electron chi connectivity index (χ1n) is 5.85. The van der Waals surface area contributed by atoms with Crippen LogP contribution in [-0.2, 0) is 9.59 Å².